The molecule has 0 spiro atoms. The van der Waals surface area contributed by atoms with Crippen molar-refractivity contribution in [3.8, 4) is 0 Å². The van der Waals surface area contributed by atoms with E-state index in [1.165, 1.54) is 5.56 Å². The number of pyridine rings is 1. The first kappa shape index (κ1) is 14.1. The van der Waals surface area contributed by atoms with Crippen molar-refractivity contribution in [2.45, 2.75) is 38.6 Å². The average Bonchev–Trinajstić information content (AvgIpc) is 2.26. The van der Waals surface area contributed by atoms with Gasteiger partial charge >= 0.3 is 0 Å². The number of nitrogens with zero attached hydrogens (tertiary/aromatic N) is 2. The van der Waals surface area contributed by atoms with Crippen LogP contribution in [-0.2, 0) is 6.42 Å². The summed E-state index contributed by atoms with van der Waals surface area (Å²) in [6, 6.07) is 4.12. The number of hydrogen-bond donors (Lipinski definition) is 1. The first-order chi connectivity index (χ1) is 7.97. The maximum Gasteiger partial charge on any atom is 0.0300 e. The zero-order valence-electron chi connectivity index (χ0n) is 11.3. The van der Waals surface area contributed by atoms with E-state index in [1.807, 2.05) is 18.5 Å². The fourth-order valence-electron chi connectivity index (χ4n) is 1.78. The minimum atomic E-state index is -0.0375. The van der Waals surface area contributed by atoms with E-state index in [2.05, 4.69) is 36.8 Å². The number of rotatable bonds is 7. The van der Waals surface area contributed by atoms with Crippen LogP contribution in [0.5, 0.6) is 0 Å². The summed E-state index contributed by atoms with van der Waals surface area (Å²) in [5.41, 5.74) is 7.23. The minimum absolute atomic E-state index is 0.0375. The van der Waals surface area contributed by atoms with Crippen LogP contribution in [0.15, 0.2) is 24.5 Å². The van der Waals surface area contributed by atoms with Gasteiger partial charge in [0.25, 0.3) is 0 Å². The molecule has 1 aromatic rings. The van der Waals surface area contributed by atoms with E-state index in [0.29, 0.717) is 0 Å². The van der Waals surface area contributed by atoms with Crippen molar-refractivity contribution in [1.29, 1.82) is 0 Å². The van der Waals surface area contributed by atoms with Crippen molar-refractivity contribution >= 4 is 0 Å². The molecule has 3 heteroatoms. The van der Waals surface area contributed by atoms with Gasteiger partial charge in [0, 0.05) is 24.5 Å². The molecule has 0 amide bonds. The lowest BCUT2D eigenvalue weighted by molar-refractivity contribution is 0.313. The number of likely N-dealkylation sites (N-methyl/N-ethyl adjacent to an activating group) is 1. The molecule has 2 N–H and O–H groups in total. The lowest BCUT2D eigenvalue weighted by atomic mass is 10.00. The van der Waals surface area contributed by atoms with Crippen LogP contribution >= 0.6 is 0 Å². The van der Waals surface area contributed by atoms with Crippen LogP contribution in [0.3, 0.4) is 0 Å². The Hall–Kier alpha value is -0.930. The van der Waals surface area contributed by atoms with Crippen LogP contribution in [0.1, 0.15) is 32.3 Å². The summed E-state index contributed by atoms with van der Waals surface area (Å²) in [6.07, 6.45) is 7.06. The lowest BCUT2D eigenvalue weighted by Crippen LogP contribution is -2.33. The normalized spacial score (nSPS) is 12.1. The molecule has 0 saturated carbocycles. The van der Waals surface area contributed by atoms with E-state index in [0.717, 1.165) is 32.4 Å². The summed E-state index contributed by atoms with van der Waals surface area (Å²) in [7, 11) is 2.17. The molecule has 17 heavy (non-hydrogen) atoms. The van der Waals surface area contributed by atoms with Crippen molar-refractivity contribution < 1.29 is 0 Å². The smallest absolute Gasteiger partial charge is 0.0300 e. The zero-order valence-corrected chi connectivity index (χ0v) is 11.3. The van der Waals surface area contributed by atoms with Crippen LogP contribution in [0.2, 0.25) is 0 Å². The molecule has 1 rings (SSSR count). The second kappa shape index (κ2) is 6.72. The predicted molar refractivity (Wildman–Crippen MR) is 72.9 cm³/mol. The Kier molecular flexibility index (Phi) is 5.59. The van der Waals surface area contributed by atoms with Gasteiger partial charge in [0.1, 0.15) is 0 Å². The number of nitrogens with two attached hydrogens (primary N) is 1. The second-order valence-electron chi connectivity index (χ2n) is 5.51. The number of aromatic nitrogens is 1. The Morgan fingerprint density at radius 1 is 1.35 bits per heavy atom. The Labute approximate surface area is 105 Å². The molecule has 0 aromatic carbocycles. The summed E-state index contributed by atoms with van der Waals surface area (Å²) in [5, 5.41) is 0. The summed E-state index contributed by atoms with van der Waals surface area (Å²) in [5.74, 6) is 0. The predicted octanol–water partition coefficient (Wildman–Crippen LogP) is 2.07. The quantitative estimate of drug-likeness (QED) is 0.786. The Morgan fingerprint density at radius 3 is 2.71 bits per heavy atom. The van der Waals surface area contributed by atoms with E-state index in [-0.39, 0.29) is 5.54 Å². The summed E-state index contributed by atoms with van der Waals surface area (Å²) in [4.78, 5) is 6.48. The molecule has 0 fully saturated rings. The maximum atomic E-state index is 5.96. The van der Waals surface area contributed by atoms with Crippen LogP contribution in [0.4, 0.5) is 0 Å². The van der Waals surface area contributed by atoms with Crippen molar-refractivity contribution in [2.24, 2.45) is 5.73 Å². The SMILES string of the molecule is CN(CCCC(C)(C)N)CCc1cccnc1. The molecule has 3 nitrogen and oxygen atoms in total. The van der Waals surface area contributed by atoms with Gasteiger partial charge in [0.05, 0.1) is 0 Å². The van der Waals surface area contributed by atoms with Gasteiger partial charge in [-0.1, -0.05) is 6.07 Å². The zero-order chi connectivity index (χ0) is 12.7. The van der Waals surface area contributed by atoms with Crippen LogP contribution < -0.4 is 5.73 Å². The lowest BCUT2D eigenvalue weighted by Gasteiger charge is -2.21. The molecule has 0 saturated heterocycles. The first-order valence-corrected chi connectivity index (χ1v) is 6.34. The van der Waals surface area contributed by atoms with Gasteiger partial charge < -0.3 is 10.6 Å². The summed E-state index contributed by atoms with van der Waals surface area (Å²) < 4.78 is 0. The topological polar surface area (TPSA) is 42.1 Å². The molecular weight excluding hydrogens is 210 g/mol. The number of hydrogen-bond acceptors (Lipinski definition) is 3. The van der Waals surface area contributed by atoms with Gasteiger partial charge in [-0.2, -0.15) is 0 Å². The van der Waals surface area contributed by atoms with E-state index in [9.17, 15) is 0 Å². The molecule has 96 valence electrons. The maximum absolute atomic E-state index is 5.96. The van der Waals surface area contributed by atoms with Gasteiger partial charge in [-0.05, 0) is 58.3 Å². The van der Waals surface area contributed by atoms with Crippen molar-refractivity contribution in [1.82, 2.24) is 9.88 Å². The van der Waals surface area contributed by atoms with Gasteiger partial charge in [-0.25, -0.2) is 0 Å². The Balaban J connectivity index is 2.15. The molecule has 0 bridgehead atoms. The monoisotopic (exact) mass is 235 g/mol. The highest BCUT2D eigenvalue weighted by Crippen LogP contribution is 2.07. The van der Waals surface area contributed by atoms with Crippen molar-refractivity contribution in [2.75, 3.05) is 20.1 Å². The highest BCUT2D eigenvalue weighted by atomic mass is 15.1. The molecule has 1 aromatic heterocycles. The average molecular weight is 235 g/mol. The first-order valence-electron chi connectivity index (χ1n) is 6.34. The fourth-order valence-corrected chi connectivity index (χ4v) is 1.78. The van der Waals surface area contributed by atoms with E-state index < -0.39 is 0 Å². The largest absolute Gasteiger partial charge is 0.326 e. The third-order valence-electron chi connectivity index (χ3n) is 2.87. The Bertz CT molecular complexity index is 303. The minimum Gasteiger partial charge on any atom is -0.326 e. The van der Waals surface area contributed by atoms with Crippen LogP contribution in [0, 0.1) is 0 Å². The van der Waals surface area contributed by atoms with E-state index >= 15 is 0 Å². The third kappa shape index (κ3) is 7.08. The molecule has 1 heterocycles. The molecule has 0 aliphatic carbocycles. The standard InChI is InChI=1S/C14H25N3/c1-14(2,15)8-5-10-17(3)11-7-13-6-4-9-16-12-13/h4,6,9,12H,5,7-8,10-11,15H2,1-3H3. The molecule has 0 atom stereocenters. The van der Waals surface area contributed by atoms with Crippen LogP contribution in [0.25, 0.3) is 0 Å². The van der Waals surface area contributed by atoms with Crippen LogP contribution in [-0.4, -0.2) is 35.6 Å². The molecule has 0 unspecified atom stereocenters. The third-order valence-corrected chi connectivity index (χ3v) is 2.87. The molecule has 0 aliphatic rings. The molecule has 0 radical (unpaired) electrons. The van der Waals surface area contributed by atoms with Gasteiger partial charge in [0.2, 0.25) is 0 Å². The second-order valence-corrected chi connectivity index (χ2v) is 5.51. The van der Waals surface area contributed by atoms with E-state index in [4.69, 9.17) is 5.73 Å². The Morgan fingerprint density at radius 2 is 2.12 bits per heavy atom. The summed E-state index contributed by atoms with van der Waals surface area (Å²) in [6.45, 7) is 6.36. The van der Waals surface area contributed by atoms with Crippen molar-refractivity contribution in [3.05, 3.63) is 30.1 Å². The van der Waals surface area contributed by atoms with E-state index in [1.54, 1.807) is 0 Å². The summed E-state index contributed by atoms with van der Waals surface area (Å²) >= 11 is 0. The van der Waals surface area contributed by atoms with Gasteiger partial charge in [0.15, 0.2) is 0 Å². The highest BCUT2D eigenvalue weighted by Gasteiger charge is 2.10. The van der Waals surface area contributed by atoms with Crippen molar-refractivity contribution in [3.63, 3.8) is 0 Å². The van der Waals surface area contributed by atoms with Gasteiger partial charge in [-0.15, -0.1) is 0 Å². The van der Waals surface area contributed by atoms with Gasteiger partial charge in [-0.3, -0.25) is 4.98 Å². The molecular formula is C14H25N3. The highest BCUT2D eigenvalue weighted by molar-refractivity contribution is 5.08. The molecule has 0 aliphatic heterocycles. The fraction of sp³-hybridized carbons (Fsp3) is 0.643.